The van der Waals surface area contributed by atoms with E-state index in [4.69, 9.17) is 15.2 Å². The van der Waals surface area contributed by atoms with E-state index >= 15 is 0 Å². The molecule has 0 aliphatic carbocycles. The molecule has 0 aliphatic heterocycles. The van der Waals surface area contributed by atoms with Crippen molar-refractivity contribution in [3.05, 3.63) is 23.8 Å². The van der Waals surface area contributed by atoms with Gasteiger partial charge >= 0.3 is 0 Å². The van der Waals surface area contributed by atoms with Gasteiger partial charge in [-0.05, 0) is 18.6 Å². The first-order valence-electron chi connectivity index (χ1n) is 6.83. The Balaban J connectivity index is 2.54. The highest BCUT2D eigenvalue weighted by molar-refractivity contribution is 5.76. The summed E-state index contributed by atoms with van der Waals surface area (Å²) in [6, 6.07) is 5.44. The Morgan fingerprint density at radius 1 is 1.35 bits per heavy atom. The van der Waals surface area contributed by atoms with Crippen LogP contribution < -0.4 is 20.5 Å². The zero-order valence-corrected chi connectivity index (χ0v) is 12.4. The molecule has 0 heterocycles. The summed E-state index contributed by atoms with van der Waals surface area (Å²) >= 11 is 0. The van der Waals surface area contributed by atoms with Gasteiger partial charge in [-0.2, -0.15) is 0 Å². The standard InChI is InChI=1S/C15H24N2O3/c1-4-5-12(16)8-15(18)17-10-11-6-7-13(19-2)9-14(11)20-3/h6-7,9,12H,4-5,8,10,16H2,1-3H3,(H,17,18). The molecule has 3 N–H and O–H groups in total. The average molecular weight is 280 g/mol. The van der Waals surface area contributed by atoms with Crippen LogP contribution in [0.1, 0.15) is 31.7 Å². The first-order valence-corrected chi connectivity index (χ1v) is 6.83. The van der Waals surface area contributed by atoms with Crippen LogP contribution in [0.25, 0.3) is 0 Å². The monoisotopic (exact) mass is 280 g/mol. The minimum atomic E-state index is -0.0715. The molecule has 1 amide bonds. The average Bonchev–Trinajstić information content (AvgIpc) is 2.45. The van der Waals surface area contributed by atoms with Crippen molar-refractivity contribution in [2.75, 3.05) is 14.2 Å². The zero-order chi connectivity index (χ0) is 15.0. The lowest BCUT2D eigenvalue weighted by atomic mass is 10.1. The third kappa shape index (κ3) is 5.09. The molecule has 0 spiro atoms. The molecule has 0 bridgehead atoms. The van der Waals surface area contributed by atoms with Gasteiger partial charge in [0.05, 0.1) is 14.2 Å². The summed E-state index contributed by atoms with van der Waals surface area (Å²) in [5.74, 6) is 1.38. The second-order valence-electron chi connectivity index (χ2n) is 4.71. The Hall–Kier alpha value is -1.75. The lowest BCUT2D eigenvalue weighted by molar-refractivity contribution is -0.121. The maximum absolute atomic E-state index is 11.8. The number of benzene rings is 1. The molecular weight excluding hydrogens is 256 g/mol. The van der Waals surface area contributed by atoms with Gasteiger partial charge in [0.2, 0.25) is 5.91 Å². The highest BCUT2D eigenvalue weighted by Crippen LogP contribution is 2.24. The second kappa shape index (κ2) is 8.43. The zero-order valence-electron chi connectivity index (χ0n) is 12.4. The lowest BCUT2D eigenvalue weighted by Gasteiger charge is -2.13. The van der Waals surface area contributed by atoms with Gasteiger partial charge in [-0.3, -0.25) is 4.79 Å². The van der Waals surface area contributed by atoms with Crippen LogP contribution in [-0.4, -0.2) is 26.2 Å². The molecule has 5 heteroatoms. The number of methoxy groups -OCH3 is 2. The van der Waals surface area contributed by atoms with E-state index < -0.39 is 0 Å². The van der Waals surface area contributed by atoms with E-state index in [1.807, 2.05) is 12.1 Å². The number of carbonyl (C=O) groups excluding carboxylic acids is 1. The molecule has 20 heavy (non-hydrogen) atoms. The van der Waals surface area contributed by atoms with Gasteiger partial charge < -0.3 is 20.5 Å². The minimum absolute atomic E-state index is 0.0381. The van der Waals surface area contributed by atoms with E-state index in [9.17, 15) is 4.79 Å². The summed E-state index contributed by atoms with van der Waals surface area (Å²) in [7, 11) is 3.20. The van der Waals surface area contributed by atoms with Gasteiger partial charge in [0.1, 0.15) is 11.5 Å². The predicted molar refractivity (Wildman–Crippen MR) is 78.9 cm³/mol. The molecule has 1 aromatic rings. The number of rotatable bonds is 8. The Kier molecular flexibility index (Phi) is 6.87. The number of ether oxygens (including phenoxy) is 2. The van der Waals surface area contributed by atoms with Crippen molar-refractivity contribution in [2.45, 2.75) is 38.8 Å². The fraction of sp³-hybridized carbons (Fsp3) is 0.533. The van der Waals surface area contributed by atoms with Gasteiger partial charge in [0.15, 0.2) is 0 Å². The van der Waals surface area contributed by atoms with E-state index in [0.29, 0.717) is 18.7 Å². The number of nitrogens with one attached hydrogen (secondary N) is 1. The van der Waals surface area contributed by atoms with Crippen LogP contribution >= 0.6 is 0 Å². The van der Waals surface area contributed by atoms with Crippen LogP contribution in [0.2, 0.25) is 0 Å². The Bertz CT molecular complexity index is 435. The maximum atomic E-state index is 11.8. The summed E-state index contributed by atoms with van der Waals surface area (Å²) in [5, 5.41) is 2.86. The molecule has 0 saturated heterocycles. The maximum Gasteiger partial charge on any atom is 0.221 e. The van der Waals surface area contributed by atoms with Gasteiger partial charge in [-0.25, -0.2) is 0 Å². The van der Waals surface area contributed by atoms with Crippen molar-refractivity contribution in [1.29, 1.82) is 0 Å². The molecule has 1 unspecified atom stereocenters. The highest BCUT2D eigenvalue weighted by atomic mass is 16.5. The van der Waals surface area contributed by atoms with Crippen molar-refractivity contribution in [2.24, 2.45) is 5.73 Å². The van der Waals surface area contributed by atoms with Crippen LogP contribution in [0, 0.1) is 0 Å². The fourth-order valence-electron chi connectivity index (χ4n) is 1.97. The van der Waals surface area contributed by atoms with Gasteiger partial charge in [-0.15, -0.1) is 0 Å². The molecule has 0 radical (unpaired) electrons. The lowest BCUT2D eigenvalue weighted by Crippen LogP contribution is -2.31. The van der Waals surface area contributed by atoms with E-state index in [2.05, 4.69) is 12.2 Å². The van der Waals surface area contributed by atoms with Gasteiger partial charge in [0.25, 0.3) is 0 Å². The Morgan fingerprint density at radius 3 is 2.70 bits per heavy atom. The van der Waals surface area contributed by atoms with E-state index in [1.165, 1.54) is 0 Å². The first-order chi connectivity index (χ1) is 9.60. The molecule has 5 nitrogen and oxygen atoms in total. The van der Waals surface area contributed by atoms with E-state index in [0.717, 1.165) is 24.2 Å². The van der Waals surface area contributed by atoms with Crippen molar-refractivity contribution >= 4 is 5.91 Å². The molecule has 1 rings (SSSR count). The summed E-state index contributed by atoms with van der Waals surface area (Å²) in [4.78, 5) is 11.8. The smallest absolute Gasteiger partial charge is 0.221 e. The molecule has 1 atom stereocenters. The van der Waals surface area contributed by atoms with E-state index in [1.54, 1.807) is 20.3 Å². The van der Waals surface area contributed by atoms with Crippen molar-refractivity contribution in [3.8, 4) is 11.5 Å². The highest BCUT2D eigenvalue weighted by Gasteiger charge is 2.10. The first kappa shape index (κ1) is 16.3. The fourth-order valence-corrected chi connectivity index (χ4v) is 1.97. The number of hydrogen-bond donors (Lipinski definition) is 2. The number of carbonyl (C=O) groups is 1. The number of amides is 1. The van der Waals surface area contributed by atoms with E-state index in [-0.39, 0.29) is 11.9 Å². The third-order valence-electron chi connectivity index (χ3n) is 3.08. The molecule has 1 aromatic carbocycles. The third-order valence-corrected chi connectivity index (χ3v) is 3.08. The summed E-state index contributed by atoms with van der Waals surface area (Å²) in [6.45, 7) is 2.48. The van der Waals surface area contributed by atoms with Crippen molar-refractivity contribution in [1.82, 2.24) is 5.32 Å². The minimum Gasteiger partial charge on any atom is -0.497 e. The Labute approximate surface area is 120 Å². The molecule has 0 saturated carbocycles. The number of nitrogens with two attached hydrogens (primary N) is 1. The number of hydrogen-bond acceptors (Lipinski definition) is 4. The molecule has 112 valence electrons. The quantitative estimate of drug-likeness (QED) is 0.762. The van der Waals surface area contributed by atoms with Crippen LogP contribution in [0.5, 0.6) is 11.5 Å². The topological polar surface area (TPSA) is 73.6 Å². The van der Waals surface area contributed by atoms with Crippen LogP contribution in [0.4, 0.5) is 0 Å². The normalized spacial score (nSPS) is 11.8. The van der Waals surface area contributed by atoms with Crippen molar-refractivity contribution in [3.63, 3.8) is 0 Å². The summed E-state index contributed by atoms with van der Waals surface area (Å²) in [5.41, 5.74) is 6.75. The summed E-state index contributed by atoms with van der Waals surface area (Å²) in [6.07, 6.45) is 2.20. The Morgan fingerprint density at radius 2 is 2.10 bits per heavy atom. The molecule has 0 fully saturated rings. The SMILES string of the molecule is CCCC(N)CC(=O)NCc1ccc(OC)cc1OC. The molecule has 0 aliphatic rings. The largest absolute Gasteiger partial charge is 0.497 e. The van der Waals surface area contributed by atoms with Gasteiger partial charge in [0, 0.05) is 30.6 Å². The van der Waals surface area contributed by atoms with Gasteiger partial charge in [-0.1, -0.05) is 13.3 Å². The van der Waals surface area contributed by atoms with Crippen LogP contribution in [0.3, 0.4) is 0 Å². The predicted octanol–water partition coefficient (Wildman–Crippen LogP) is 1.84. The second-order valence-corrected chi connectivity index (χ2v) is 4.71. The molecule has 0 aromatic heterocycles. The van der Waals surface area contributed by atoms with Crippen LogP contribution in [-0.2, 0) is 11.3 Å². The van der Waals surface area contributed by atoms with Crippen molar-refractivity contribution < 1.29 is 14.3 Å². The molecular formula is C15H24N2O3. The van der Waals surface area contributed by atoms with Crippen LogP contribution in [0.15, 0.2) is 18.2 Å². The summed E-state index contributed by atoms with van der Waals surface area (Å²) < 4.78 is 10.4.